The predicted molar refractivity (Wildman–Crippen MR) is 99.3 cm³/mol. The van der Waals surface area contributed by atoms with Crippen LogP contribution < -0.4 is 5.43 Å². The summed E-state index contributed by atoms with van der Waals surface area (Å²) in [5.74, 6) is -0.749. The standard InChI is InChI=1S/C20H23N3O4/c24-18-12-21-22(16-8-4-2-6-14(16)18)10-9-19(25)23-15-7-3-1-5-13(15)11-17(23)20(26)27/h2,4,6,8,12-13,15,17H,1,3,5,7,9-11H2,(H,26,27)/t13-,15+,17-/m0/s1. The topological polar surface area (TPSA) is 92.5 Å². The third-order valence-corrected chi connectivity index (χ3v) is 5.96. The van der Waals surface area contributed by atoms with E-state index in [1.54, 1.807) is 27.8 Å². The number of rotatable bonds is 4. The van der Waals surface area contributed by atoms with Gasteiger partial charge in [0.25, 0.3) is 0 Å². The lowest BCUT2D eigenvalue weighted by molar-refractivity contribution is -0.150. The number of hydrogen-bond acceptors (Lipinski definition) is 4. The van der Waals surface area contributed by atoms with Gasteiger partial charge in [0.05, 0.1) is 18.3 Å². The molecule has 1 amide bonds. The number of likely N-dealkylation sites (tertiary alicyclic amines) is 1. The van der Waals surface area contributed by atoms with Crippen LogP contribution in [0.5, 0.6) is 0 Å². The van der Waals surface area contributed by atoms with Crippen molar-refractivity contribution >= 4 is 22.8 Å². The number of carboxylic acid groups (broad SMARTS) is 1. The number of aliphatic carboxylic acids is 1. The Bertz CT molecular complexity index is 938. The van der Waals surface area contributed by atoms with Gasteiger partial charge in [-0.3, -0.25) is 14.3 Å². The molecule has 0 bridgehead atoms. The van der Waals surface area contributed by atoms with Crippen molar-refractivity contribution in [1.29, 1.82) is 0 Å². The first-order chi connectivity index (χ1) is 13.1. The maximum atomic E-state index is 13.0. The van der Waals surface area contributed by atoms with Gasteiger partial charge < -0.3 is 10.0 Å². The number of aryl methyl sites for hydroxylation is 1. The molecule has 142 valence electrons. The number of nitrogens with zero attached hydrogens (tertiary/aromatic N) is 3. The fourth-order valence-corrected chi connectivity index (χ4v) is 4.71. The van der Waals surface area contributed by atoms with Gasteiger partial charge in [-0.2, -0.15) is 5.10 Å². The van der Waals surface area contributed by atoms with Crippen LogP contribution in [0, 0.1) is 5.92 Å². The third kappa shape index (κ3) is 3.22. The van der Waals surface area contributed by atoms with Gasteiger partial charge in [0.2, 0.25) is 11.3 Å². The summed E-state index contributed by atoms with van der Waals surface area (Å²) in [6.45, 7) is 0.319. The maximum Gasteiger partial charge on any atom is 0.326 e. The van der Waals surface area contributed by atoms with Crippen molar-refractivity contribution in [3.05, 3.63) is 40.7 Å². The molecular formula is C20H23N3O4. The Morgan fingerprint density at radius 2 is 1.96 bits per heavy atom. The van der Waals surface area contributed by atoms with E-state index < -0.39 is 12.0 Å². The summed E-state index contributed by atoms with van der Waals surface area (Å²) >= 11 is 0. The average molecular weight is 369 g/mol. The van der Waals surface area contributed by atoms with Crippen molar-refractivity contribution in [3.8, 4) is 0 Å². The SMILES string of the molecule is O=C(O)[C@@H]1C[C@@H]2CCCC[C@H]2N1C(=O)CCn1ncc(=O)c2ccccc21. The van der Waals surface area contributed by atoms with Crippen LogP contribution in [0.2, 0.25) is 0 Å². The van der Waals surface area contributed by atoms with E-state index in [2.05, 4.69) is 5.10 Å². The Morgan fingerprint density at radius 3 is 2.78 bits per heavy atom. The molecule has 1 aromatic heterocycles. The van der Waals surface area contributed by atoms with Crippen molar-refractivity contribution < 1.29 is 14.7 Å². The molecule has 1 N–H and O–H groups in total. The molecule has 2 fully saturated rings. The number of aromatic nitrogens is 2. The molecule has 1 saturated carbocycles. The maximum absolute atomic E-state index is 13.0. The van der Waals surface area contributed by atoms with Gasteiger partial charge in [0.1, 0.15) is 6.04 Å². The number of amides is 1. The van der Waals surface area contributed by atoms with Crippen LogP contribution in [0.25, 0.3) is 10.9 Å². The first kappa shape index (κ1) is 17.7. The zero-order valence-corrected chi connectivity index (χ0v) is 15.1. The van der Waals surface area contributed by atoms with Crippen LogP contribution in [0.3, 0.4) is 0 Å². The second-order valence-corrected chi connectivity index (χ2v) is 7.50. The van der Waals surface area contributed by atoms with E-state index in [1.165, 1.54) is 6.20 Å². The second kappa shape index (κ2) is 7.13. The highest BCUT2D eigenvalue weighted by Crippen LogP contribution is 2.40. The molecule has 0 spiro atoms. The Labute approximate surface area is 156 Å². The summed E-state index contributed by atoms with van der Waals surface area (Å²) in [4.78, 5) is 38.2. The van der Waals surface area contributed by atoms with Gasteiger partial charge >= 0.3 is 5.97 Å². The summed E-state index contributed by atoms with van der Waals surface area (Å²) in [6, 6.07) is 6.50. The lowest BCUT2D eigenvalue weighted by atomic mass is 9.84. The average Bonchev–Trinajstić information content (AvgIpc) is 3.07. The molecule has 3 atom stereocenters. The van der Waals surface area contributed by atoms with E-state index in [4.69, 9.17) is 0 Å². The van der Waals surface area contributed by atoms with Crippen LogP contribution in [-0.4, -0.2) is 43.7 Å². The summed E-state index contributed by atoms with van der Waals surface area (Å²) < 4.78 is 1.65. The Hall–Kier alpha value is -2.70. The molecule has 1 saturated heterocycles. The molecule has 0 radical (unpaired) electrons. The lowest BCUT2D eigenvalue weighted by Gasteiger charge is -2.33. The van der Waals surface area contributed by atoms with Crippen molar-refractivity contribution in [2.24, 2.45) is 5.92 Å². The number of para-hydroxylation sites is 1. The van der Waals surface area contributed by atoms with E-state index in [0.717, 1.165) is 25.7 Å². The Kier molecular flexibility index (Phi) is 4.68. The van der Waals surface area contributed by atoms with E-state index in [9.17, 15) is 19.5 Å². The van der Waals surface area contributed by atoms with Crippen molar-refractivity contribution in [2.75, 3.05) is 0 Å². The van der Waals surface area contributed by atoms with Gasteiger partial charge in [0.15, 0.2) is 0 Å². The minimum atomic E-state index is -0.912. The first-order valence-electron chi connectivity index (χ1n) is 9.55. The van der Waals surface area contributed by atoms with Gasteiger partial charge in [-0.15, -0.1) is 0 Å². The number of carbonyl (C=O) groups is 2. The first-order valence-corrected chi connectivity index (χ1v) is 9.55. The van der Waals surface area contributed by atoms with Crippen LogP contribution in [0.4, 0.5) is 0 Å². The van der Waals surface area contributed by atoms with E-state index >= 15 is 0 Å². The molecule has 4 rings (SSSR count). The monoisotopic (exact) mass is 369 g/mol. The number of carbonyl (C=O) groups excluding carboxylic acids is 1. The Balaban J connectivity index is 1.54. The van der Waals surface area contributed by atoms with Crippen LogP contribution >= 0.6 is 0 Å². The molecule has 27 heavy (non-hydrogen) atoms. The minimum absolute atomic E-state index is 0.0473. The van der Waals surface area contributed by atoms with Crippen molar-refractivity contribution in [1.82, 2.24) is 14.7 Å². The largest absolute Gasteiger partial charge is 0.480 e. The highest BCUT2D eigenvalue weighted by molar-refractivity contribution is 5.85. The van der Waals surface area contributed by atoms with E-state index in [-0.39, 0.29) is 23.8 Å². The second-order valence-electron chi connectivity index (χ2n) is 7.50. The fourth-order valence-electron chi connectivity index (χ4n) is 4.71. The third-order valence-electron chi connectivity index (χ3n) is 5.96. The lowest BCUT2D eigenvalue weighted by Crippen LogP contribution is -2.46. The summed E-state index contributed by atoms with van der Waals surface area (Å²) in [6.07, 6.45) is 6.05. The van der Waals surface area contributed by atoms with Gasteiger partial charge in [-0.05, 0) is 37.3 Å². The number of benzene rings is 1. The van der Waals surface area contributed by atoms with Gasteiger partial charge in [0, 0.05) is 17.8 Å². The molecule has 2 aliphatic rings. The van der Waals surface area contributed by atoms with Crippen molar-refractivity contribution in [3.63, 3.8) is 0 Å². The minimum Gasteiger partial charge on any atom is -0.480 e. The molecule has 1 aliphatic heterocycles. The normalized spacial score (nSPS) is 24.7. The van der Waals surface area contributed by atoms with E-state index in [0.29, 0.717) is 29.8 Å². The van der Waals surface area contributed by atoms with Crippen LogP contribution in [0.15, 0.2) is 35.3 Å². The molecule has 7 nitrogen and oxygen atoms in total. The smallest absolute Gasteiger partial charge is 0.326 e. The zero-order chi connectivity index (χ0) is 19.0. The summed E-state index contributed by atoms with van der Waals surface area (Å²) in [7, 11) is 0. The number of fused-ring (bicyclic) bond motifs is 2. The molecule has 2 aromatic rings. The number of hydrogen-bond donors (Lipinski definition) is 1. The molecule has 7 heteroatoms. The molecule has 0 unspecified atom stereocenters. The molecule has 2 heterocycles. The van der Waals surface area contributed by atoms with Crippen LogP contribution in [0.1, 0.15) is 38.5 Å². The quantitative estimate of drug-likeness (QED) is 0.890. The molecule has 1 aromatic carbocycles. The van der Waals surface area contributed by atoms with Gasteiger partial charge in [-0.25, -0.2) is 4.79 Å². The van der Waals surface area contributed by atoms with E-state index in [1.807, 2.05) is 6.07 Å². The highest BCUT2D eigenvalue weighted by Gasteiger charge is 2.47. The number of carboxylic acids is 1. The van der Waals surface area contributed by atoms with Crippen molar-refractivity contribution in [2.45, 2.75) is 57.2 Å². The molecular weight excluding hydrogens is 346 g/mol. The fraction of sp³-hybridized carbons (Fsp3) is 0.500. The van der Waals surface area contributed by atoms with Crippen LogP contribution in [-0.2, 0) is 16.1 Å². The zero-order valence-electron chi connectivity index (χ0n) is 15.1. The van der Waals surface area contributed by atoms with Gasteiger partial charge in [-0.1, -0.05) is 25.0 Å². The summed E-state index contributed by atoms with van der Waals surface area (Å²) in [5.41, 5.74) is 0.535. The Morgan fingerprint density at radius 1 is 1.19 bits per heavy atom. The predicted octanol–water partition coefficient (Wildman–Crippen LogP) is 2.03. The summed E-state index contributed by atoms with van der Waals surface area (Å²) in [5, 5.41) is 14.3. The molecule has 1 aliphatic carbocycles. The highest BCUT2D eigenvalue weighted by atomic mass is 16.4.